The van der Waals surface area contributed by atoms with Gasteiger partial charge >= 0.3 is 5.97 Å². The van der Waals surface area contributed by atoms with Gasteiger partial charge < -0.3 is 10.2 Å². The molecule has 0 unspecified atom stereocenters. The molecule has 2 aromatic carbocycles. The molecule has 1 fully saturated rings. The highest BCUT2D eigenvalue weighted by atomic mass is 16.4. The minimum atomic E-state index is -0.851. The molecule has 0 spiro atoms. The third-order valence-electron chi connectivity index (χ3n) is 8.31. The number of benzene rings is 2. The lowest BCUT2D eigenvalue weighted by atomic mass is 9.69. The van der Waals surface area contributed by atoms with Crippen molar-refractivity contribution in [3.05, 3.63) is 94.2 Å². The third kappa shape index (κ3) is 5.70. The van der Waals surface area contributed by atoms with Crippen molar-refractivity contribution in [2.75, 3.05) is 0 Å². The number of aliphatic hydroxyl groups is 1. The van der Waals surface area contributed by atoms with E-state index in [0.29, 0.717) is 5.56 Å². The van der Waals surface area contributed by atoms with Gasteiger partial charge in [-0.25, -0.2) is 0 Å². The molecule has 4 heteroatoms. The van der Waals surface area contributed by atoms with Crippen LogP contribution < -0.4 is 0 Å². The number of pyridine rings is 1. The van der Waals surface area contributed by atoms with Gasteiger partial charge in [0.15, 0.2) is 0 Å². The zero-order valence-electron chi connectivity index (χ0n) is 22.6. The van der Waals surface area contributed by atoms with E-state index in [1.54, 1.807) is 6.20 Å². The van der Waals surface area contributed by atoms with Crippen molar-refractivity contribution in [1.29, 1.82) is 0 Å². The Balaban J connectivity index is 1.64. The van der Waals surface area contributed by atoms with Crippen LogP contribution >= 0.6 is 0 Å². The van der Waals surface area contributed by atoms with Gasteiger partial charge in [-0.2, -0.15) is 0 Å². The molecule has 0 aliphatic heterocycles. The maximum atomic E-state index is 11.0. The number of aryl methyl sites for hydroxylation is 2. The molecule has 0 amide bonds. The molecule has 37 heavy (non-hydrogen) atoms. The summed E-state index contributed by atoms with van der Waals surface area (Å²) in [5.74, 6) is -0.851. The lowest BCUT2D eigenvalue weighted by molar-refractivity contribution is -0.136. The second-order valence-corrected chi connectivity index (χ2v) is 10.7. The van der Waals surface area contributed by atoms with Crippen molar-refractivity contribution in [3.63, 3.8) is 0 Å². The molecule has 1 aliphatic rings. The normalized spacial score (nSPS) is 15.4. The van der Waals surface area contributed by atoms with E-state index in [2.05, 4.69) is 75.2 Å². The number of aromatic nitrogens is 1. The second kappa shape index (κ2) is 11.0. The summed E-state index contributed by atoms with van der Waals surface area (Å²) < 4.78 is 0. The maximum Gasteiger partial charge on any atom is 0.307 e. The number of rotatable bonds is 9. The molecule has 4 rings (SSSR count). The predicted octanol–water partition coefficient (Wildman–Crippen LogP) is 7.42. The molecule has 0 saturated heterocycles. The maximum absolute atomic E-state index is 11.0. The standard InChI is InChI=1S/C33H39NO3/c1-5-33(6-2,27-11-10-26(23(3)19-27)15-18-32(37)16-7-8-17-32)28-12-13-29(24(4)20-28)30-14-9-25(22-34-30)21-31(35)36/h9-15,18-20,22,37H,5-8,16-17,21H2,1-4H3,(H,35,36)/b18-15+. The van der Waals surface area contributed by atoms with E-state index in [4.69, 9.17) is 5.11 Å². The lowest BCUT2D eigenvalue weighted by Gasteiger charge is -2.34. The van der Waals surface area contributed by atoms with Gasteiger partial charge in [-0.05, 0) is 79.0 Å². The summed E-state index contributed by atoms with van der Waals surface area (Å²) in [4.78, 5) is 15.5. The van der Waals surface area contributed by atoms with Gasteiger partial charge in [-0.3, -0.25) is 9.78 Å². The fourth-order valence-electron chi connectivity index (χ4n) is 5.90. The molecule has 0 atom stereocenters. The second-order valence-electron chi connectivity index (χ2n) is 10.7. The van der Waals surface area contributed by atoms with Crippen LogP contribution in [0.25, 0.3) is 17.3 Å². The molecule has 194 valence electrons. The number of hydrogen-bond acceptors (Lipinski definition) is 3. The van der Waals surface area contributed by atoms with E-state index in [-0.39, 0.29) is 11.8 Å². The van der Waals surface area contributed by atoms with Gasteiger partial charge in [0.05, 0.1) is 17.7 Å². The minimum absolute atomic E-state index is 0.0183. The van der Waals surface area contributed by atoms with E-state index in [1.807, 2.05) is 18.2 Å². The summed E-state index contributed by atoms with van der Waals surface area (Å²) in [6, 6.07) is 17.2. The molecule has 0 radical (unpaired) electrons. The zero-order valence-corrected chi connectivity index (χ0v) is 22.6. The van der Waals surface area contributed by atoms with E-state index < -0.39 is 11.6 Å². The number of carboxylic acid groups (broad SMARTS) is 1. The first-order valence-corrected chi connectivity index (χ1v) is 13.5. The molecular weight excluding hydrogens is 458 g/mol. The van der Waals surface area contributed by atoms with Crippen LogP contribution in [0.15, 0.2) is 60.8 Å². The number of nitrogens with zero attached hydrogens (tertiary/aromatic N) is 1. The Bertz CT molecular complexity index is 1280. The average Bonchev–Trinajstić information content (AvgIpc) is 3.31. The SMILES string of the molecule is CCC(CC)(c1ccc(/C=C/C2(O)CCCC2)c(C)c1)c1ccc(-c2ccc(CC(=O)O)cn2)c(C)c1. The van der Waals surface area contributed by atoms with Crippen molar-refractivity contribution < 1.29 is 15.0 Å². The summed E-state index contributed by atoms with van der Waals surface area (Å²) in [7, 11) is 0. The smallest absolute Gasteiger partial charge is 0.307 e. The summed E-state index contributed by atoms with van der Waals surface area (Å²) in [6.07, 6.45) is 11.6. The van der Waals surface area contributed by atoms with Gasteiger partial charge in [0.2, 0.25) is 0 Å². The highest BCUT2D eigenvalue weighted by molar-refractivity contribution is 5.71. The Kier molecular flexibility index (Phi) is 7.99. The first-order valence-electron chi connectivity index (χ1n) is 13.5. The van der Waals surface area contributed by atoms with Gasteiger partial charge in [0.1, 0.15) is 0 Å². The van der Waals surface area contributed by atoms with E-state index >= 15 is 0 Å². The van der Waals surface area contributed by atoms with Crippen molar-refractivity contribution in [2.45, 2.75) is 83.7 Å². The number of carboxylic acids is 1. The Morgan fingerprint density at radius 3 is 2.16 bits per heavy atom. The van der Waals surface area contributed by atoms with Crippen molar-refractivity contribution in [1.82, 2.24) is 4.98 Å². The number of hydrogen-bond donors (Lipinski definition) is 2. The highest BCUT2D eigenvalue weighted by Gasteiger charge is 2.32. The zero-order chi connectivity index (χ0) is 26.6. The van der Waals surface area contributed by atoms with Crippen LogP contribution in [0.4, 0.5) is 0 Å². The van der Waals surface area contributed by atoms with Crippen LogP contribution in [-0.4, -0.2) is 26.8 Å². The van der Waals surface area contributed by atoms with E-state index in [1.165, 1.54) is 16.7 Å². The quantitative estimate of drug-likeness (QED) is 0.323. The van der Waals surface area contributed by atoms with Crippen LogP contribution in [-0.2, 0) is 16.6 Å². The molecule has 3 aromatic rings. The van der Waals surface area contributed by atoms with Gasteiger partial charge in [0, 0.05) is 17.2 Å². The largest absolute Gasteiger partial charge is 0.481 e. The van der Waals surface area contributed by atoms with Gasteiger partial charge in [0.25, 0.3) is 0 Å². The summed E-state index contributed by atoms with van der Waals surface area (Å²) >= 11 is 0. The molecule has 4 nitrogen and oxygen atoms in total. The first-order chi connectivity index (χ1) is 17.7. The summed E-state index contributed by atoms with van der Waals surface area (Å²) in [6.45, 7) is 8.79. The molecule has 2 N–H and O–H groups in total. The van der Waals surface area contributed by atoms with Crippen LogP contribution in [0.1, 0.15) is 85.8 Å². The highest BCUT2D eigenvalue weighted by Crippen LogP contribution is 2.41. The summed E-state index contributed by atoms with van der Waals surface area (Å²) in [5, 5.41) is 19.7. The summed E-state index contributed by atoms with van der Waals surface area (Å²) in [5.41, 5.74) is 8.02. The molecule has 1 saturated carbocycles. The fraction of sp³-hybridized carbons (Fsp3) is 0.394. The minimum Gasteiger partial charge on any atom is -0.481 e. The van der Waals surface area contributed by atoms with Crippen molar-refractivity contribution in [3.8, 4) is 11.3 Å². The third-order valence-corrected chi connectivity index (χ3v) is 8.31. The Hall–Kier alpha value is -3.24. The van der Waals surface area contributed by atoms with Crippen LogP contribution in [0.2, 0.25) is 0 Å². The monoisotopic (exact) mass is 497 g/mol. The Labute approximate surface area is 221 Å². The van der Waals surface area contributed by atoms with Crippen molar-refractivity contribution in [2.24, 2.45) is 0 Å². The lowest BCUT2D eigenvalue weighted by Crippen LogP contribution is -2.26. The number of carbonyl (C=O) groups is 1. The molecule has 0 bridgehead atoms. The van der Waals surface area contributed by atoms with E-state index in [0.717, 1.165) is 60.9 Å². The molecule has 1 aromatic heterocycles. The first kappa shape index (κ1) is 26.8. The predicted molar refractivity (Wildman–Crippen MR) is 151 cm³/mol. The van der Waals surface area contributed by atoms with E-state index in [9.17, 15) is 9.90 Å². The van der Waals surface area contributed by atoms with Crippen LogP contribution in [0, 0.1) is 13.8 Å². The average molecular weight is 498 g/mol. The topological polar surface area (TPSA) is 70.4 Å². The van der Waals surface area contributed by atoms with Gasteiger partial charge in [-0.15, -0.1) is 0 Å². The van der Waals surface area contributed by atoms with Crippen molar-refractivity contribution >= 4 is 12.0 Å². The number of aliphatic carboxylic acids is 1. The molecular formula is C33H39NO3. The Morgan fingerprint density at radius 2 is 1.62 bits per heavy atom. The molecule has 1 heterocycles. The Morgan fingerprint density at radius 1 is 0.973 bits per heavy atom. The van der Waals surface area contributed by atoms with Crippen LogP contribution in [0.5, 0.6) is 0 Å². The fourth-order valence-corrected chi connectivity index (χ4v) is 5.90. The van der Waals surface area contributed by atoms with Crippen LogP contribution in [0.3, 0.4) is 0 Å². The van der Waals surface area contributed by atoms with Gasteiger partial charge in [-0.1, -0.05) is 81.3 Å². The molecule has 1 aliphatic carbocycles.